The lowest BCUT2D eigenvalue weighted by molar-refractivity contribution is -0.143. The van der Waals surface area contributed by atoms with E-state index in [0.717, 1.165) is 6.20 Å². The van der Waals surface area contributed by atoms with E-state index in [0.29, 0.717) is 19.4 Å². The molecule has 6 heteroatoms. The molecule has 1 saturated heterocycles. The number of likely N-dealkylation sites (tertiary alicyclic amines) is 1. The standard InChI is InChI=1S/C12H13FN2O3/c13-9-3-4-10(14-6-9)11(16)15-5-1-2-8(7-15)12(17)18/h3-4,6,8H,1-2,5,7H2,(H,17,18). The van der Waals surface area contributed by atoms with E-state index in [1.54, 1.807) is 0 Å². The molecular weight excluding hydrogens is 239 g/mol. The van der Waals surface area contributed by atoms with Gasteiger partial charge in [-0.15, -0.1) is 0 Å². The van der Waals surface area contributed by atoms with Gasteiger partial charge in [0.15, 0.2) is 0 Å². The summed E-state index contributed by atoms with van der Waals surface area (Å²) < 4.78 is 12.7. The fourth-order valence-corrected chi connectivity index (χ4v) is 2.03. The second-order valence-corrected chi connectivity index (χ2v) is 4.29. The first kappa shape index (κ1) is 12.5. The zero-order chi connectivity index (χ0) is 13.1. The number of carboxylic acids is 1. The Kier molecular flexibility index (Phi) is 3.55. The number of halogens is 1. The van der Waals surface area contributed by atoms with Crippen molar-refractivity contribution >= 4 is 11.9 Å². The molecule has 5 nitrogen and oxygen atoms in total. The number of hydrogen-bond donors (Lipinski definition) is 1. The molecule has 1 aromatic heterocycles. The minimum Gasteiger partial charge on any atom is -0.481 e. The molecule has 1 fully saturated rings. The van der Waals surface area contributed by atoms with E-state index in [-0.39, 0.29) is 18.1 Å². The van der Waals surface area contributed by atoms with Crippen LogP contribution in [0.2, 0.25) is 0 Å². The molecule has 0 saturated carbocycles. The number of aliphatic carboxylic acids is 1. The van der Waals surface area contributed by atoms with Crippen molar-refractivity contribution in [3.8, 4) is 0 Å². The highest BCUT2D eigenvalue weighted by Crippen LogP contribution is 2.18. The van der Waals surface area contributed by atoms with E-state index in [9.17, 15) is 14.0 Å². The predicted octanol–water partition coefficient (Wildman–Crippen LogP) is 1.16. The Hall–Kier alpha value is -1.98. The highest BCUT2D eigenvalue weighted by Gasteiger charge is 2.28. The van der Waals surface area contributed by atoms with Gasteiger partial charge < -0.3 is 10.0 Å². The molecule has 96 valence electrons. The third kappa shape index (κ3) is 2.64. The number of pyridine rings is 1. The van der Waals surface area contributed by atoms with Crippen molar-refractivity contribution in [3.05, 3.63) is 29.8 Å². The van der Waals surface area contributed by atoms with Crippen LogP contribution in [0.5, 0.6) is 0 Å². The van der Waals surface area contributed by atoms with Crippen molar-refractivity contribution in [1.29, 1.82) is 0 Å². The molecule has 0 bridgehead atoms. The molecule has 1 amide bonds. The van der Waals surface area contributed by atoms with Gasteiger partial charge in [0.25, 0.3) is 5.91 Å². The molecule has 1 unspecified atom stereocenters. The average molecular weight is 252 g/mol. The molecule has 2 rings (SSSR count). The first-order chi connectivity index (χ1) is 8.58. The number of carbonyl (C=O) groups is 2. The number of piperidine rings is 1. The van der Waals surface area contributed by atoms with Crippen LogP contribution in [0.15, 0.2) is 18.3 Å². The Balaban J connectivity index is 2.09. The van der Waals surface area contributed by atoms with Crippen molar-refractivity contribution in [1.82, 2.24) is 9.88 Å². The lowest BCUT2D eigenvalue weighted by Gasteiger charge is -2.30. The normalized spacial score (nSPS) is 19.6. The van der Waals surface area contributed by atoms with Gasteiger partial charge >= 0.3 is 5.97 Å². The van der Waals surface area contributed by atoms with Gasteiger partial charge in [-0.25, -0.2) is 9.37 Å². The second-order valence-electron chi connectivity index (χ2n) is 4.29. The van der Waals surface area contributed by atoms with Crippen LogP contribution in [0.4, 0.5) is 4.39 Å². The molecule has 2 heterocycles. The zero-order valence-electron chi connectivity index (χ0n) is 9.67. The first-order valence-electron chi connectivity index (χ1n) is 5.71. The van der Waals surface area contributed by atoms with E-state index in [4.69, 9.17) is 5.11 Å². The van der Waals surface area contributed by atoms with Gasteiger partial charge in [-0.3, -0.25) is 9.59 Å². The summed E-state index contributed by atoms with van der Waals surface area (Å²) in [5.41, 5.74) is 0.141. The van der Waals surface area contributed by atoms with Crippen molar-refractivity contribution in [2.75, 3.05) is 13.1 Å². The van der Waals surface area contributed by atoms with Crippen LogP contribution < -0.4 is 0 Å². The summed E-state index contributed by atoms with van der Waals surface area (Å²) in [4.78, 5) is 28.1. The Morgan fingerprint density at radius 3 is 2.83 bits per heavy atom. The summed E-state index contributed by atoms with van der Waals surface area (Å²) in [6.07, 6.45) is 2.21. The molecule has 0 aliphatic carbocycles. The highest BCUT2D eigenvalue weighted by molar-refractivity contribution is 5.92. The maximum absolute atomic E-state index is 12.7. The minimum absolute atomic E-state index is 0.141. The lowest BCUT2D eigenvalue weighted by Crippen LogP contribution is -2.42. The van der Waals surface area contributed by atoms with Gasteiger partial charge in [0.2, 0.25) is 0 Å². The summed E-state index contributed by atoms with van der Waals surface area (Å²) >= 11 is 0. The van der Waals surface area contributed by atoms with Gasteiger partial charge in [0, 0.05) is 13.1 Å². The van der Waals surface area contributed by atoms with E-state index in [1.807, 2.05) is 0 Å². The van der Waals surface area contributed by atoms with Gasteiger partial charge in [0.05, 0.1) is 12.1 Å². The smallest absolute Gasteiger partial charge is 0.308 e. The van der Waals surface area contributed by atoms with Crippen molar-refractivity contribution < 1.29 is 19.1 Å². The molecule has 1 aliphatic heterocycles. The van der Waals surface area contributed by atoms with E-state index in [2.05, 4.69) is 4.98 Å². The fourth-order valence-electron chi connectivity index (χ4n) is 2.03. The molecule has 0 radical (unpaired) electrons. The predicted molar refractivity (Wildman–Crippen MR) is 60.5 cm³/mol. The lowest BCUT2D eigenvalue weighted by atomic mass is 9.98. The number of rotatable bonds is 2. The topological polar surface area (TPSA) is 70.5 Å². The largest absolute Gasteiger partial charge is 0.481 e. The Morgan fingerprint density at radius 1 is 1.44 bits per heavy atom. The quantitative estimate of drug-likeness (QED) is 0.857. The molecule has 1 aromatic rings. The summed E-state index contributed by atoms with van der Waals surface area (Å²) in [5, 5.41) is 8.94. The third-order valence-electron chi connectivity index (χ3n) is 3.00. The van der Waals surface area contributed by atoms with Gasteiger partial charge in [-0.2, -0.15) is 0 Å². The number of nitrogens with zero attached hydrogens (tertiary/aromatic N) is 2. The van der Waals surface area contributed by atoms with E-state index < -0.39 is 17.7 Å². The molecule has 0 aromatic carbocycles. The molecule has 0 spiro atoms. The molecular formula is C12H13FN2O3. The zero-order valence-corrected chi connectivity index (χ0v) is 9.67. The van der Waals surface area contributed by atoms with Crippen LogP contribution in [0.25, 0.3) is 0 Å². The van der Waals surface area contributed by atoms with Gasteiger partial charge in [-0.1, -0.05) is 0 Å². The fraction of sp³-hybridized carbons (Fsp3) is 0.417. The summed E-state index contributed by atoms with van der Waals surface area (Å²) in [6, 6.07) is 2.47. The van der Waals surface area contributed by atoms with Crippen molar-refractivity contribution in [2.45, 2.75) is 12.8 Å². The van der Waals surface area contributed by atoms with Crippen LogP contribution in [-0.4, -0.2) is 40.0 Å². The van der Waals surface area contributed by atoms with E-state index in [1.165, 1.54) is 17.0 Å². The Bertz CT molecular complexity index is 461. The Morgan fingerprint density at radius 2 is 2.22 bits per heavy atom. The van der Waals surface area contributed by atoms with Crippen LogP contribution in [-0.2, 0) is 4.79 Å². The van der Waals surface area contributed by atoms with Gasteiger partial charge in [0.1, 0.15) is 11.5 Å². The summed E-state index contributed by atoms with van der Waals surface area (Å²) in [7, 11) is 0. The number of carbonyl (C=O) groups excluding carboxylic acids is 1. The number of aromatic nitrogens is 1. The molecule has 1 atom stereocenters. The number of carboxylic acid groups (broad SMARTS) is 1. The SMILES string of the molecule is O=C(O)C1CCCN(C(=O)c2ccc(F)cn2)C1. The van der Waals surface area contributed by atoms with Crippen LogP contribution in [0.3, 0.4) is 0 Å². The number of amides is 1. The third-order valence-corrected chi connectivity index (χ3v) is 3.00. The van der Waals surface area contributed by atoms with Crippen molar-refractivity contribution in [2.24, 2.45) is 5.92 Å². The monoisotopic (exact) mass is 252 g/mol. The van der Waals surface area contributed by atoms with Crippen LogP contribution in [0.1, 0.15) is 23.3 Å². The van der Waals surface area contributed by atoms with Crippen LogP contribution >= 0.6 is 0 Å². The maximum atomic E-state index is 12.7. The molecule has 1 N–H and O–H groups in total. The molecule has 1 aliphatic rings. The minimum atomic E-state index is -0.889. The molecule has 18 heavy (non-hydrogen) atoms. The van der Waals surface area contributed by atoms with E-state index >= 15 is 0 Å². The second kappa shape index (κ2) is 5.12. The van der Waals surface area contributed by atoms with Crippen molar-refractivity contribution in [3.63, 3.8) is 0 Å². The Labute approximate surface area is 103 Å². The summed E-state index contributed by atoms with van der Waals surface area (Å²) in [5.74, 6) is -2.27. The maximum Gasteiger partial charge on any atom is 0.308 e. The summed E-state index contributed by atoms with van der Waals surface area (Å²) in [6.45, 7) is 0.703. The van der Waals surface area contributed by atoms with Gasteiger partial charge in [-0.05, 0) is 25.0 Å². The van der Waals surface area contributed by atoms with Crippen LogP contribution in [0, 0.1) is 11.7 Å². The first-order valence-corrected chi connectivity index (χ1v) is 5.71. The average Bonchev–Trinajstić information content (AvgIpc) is 2.39. The number of hydrogen-bond acceptors (Lipinski definition) is 3. The highest BCUT2D eigenvalue weighted by atomic mass is 19.1.